The maximum absolute atomic E-state index is 10.5. The molecular weight excluding hydrogens is 343 g/mol. The molecule has 1 saturated heterocycles. The smallest absolute Gasteiger partial charge is 0.173 e. The fraction of sp³-hybridized carbons (Fsp3) is 0.500. The number of fused-ring (bicyclic) bond motifs is 1. The molecule has 11 heteroatoms. The summed E-state index contributed by atoms with van der Waals surface area (Å²) in [6, 6.07) is 3.41. The molecule has 2 aromatic heterocycles. The van der Waals surface area contributed by atoms with Crippen molar-refractivity contribution in [3.8, 4) is 0 Å². The van der Waals surface area contributed by atoms with Crippen molar-refractivity contribution in [1.82, 2.24) is 14.6 Å². The number of aliphatic hydroxyl groups excluding tert-OH is 2. The van der Waals surface area contributed by atoms with Gasteiger partial charge in [-0.15, -0.1) is 0 Å². The van der Waals surface area contributed by atoms with Gasteiger partial charge in [0.2, 0.25) is 0 Å². The number of hydrogen-bond donors (Lipinski definition) is 4. The second-order valence-corrected chi connectivity index (χ2v) is 7.30. The van der Waals surface area contributed by atoms with Crippen LogP contribution in [0.25, 0.3) is 5.52 Å². The molecule has 1 aliphatic heterocycles. The number of nitrogen functional groups attached to an aromatic ring is 1. The van der Waals surface area contributed by atoms with Crippen LogP contribution >= 0.6 is 7.15 Å². The SMILES string of the molecule is C[C@@]1(c2ccc3c(N)ncnn23)O[C@H](CO[PH](O)=S)[C@@H](O)[C@H]1O. The van der Waals surface area contributed by atoms with Crippen LogP contribution in [0.5, 0.6) is 0 Å². The third-order valence-electron chi connectivity index (χ3n) is 4.03. The molecule has 1 unspecified atom stereocenters. The monoisotopic (exact) mass is 360 g/mol. The Kier molecular flexibility index (Phi) is 4.41. The molecule has 0 amide bonds. The van der Waals surface area contributed by atoms with Crippen molar-refractivity contribution in [2.45, 2.75) is 30.8 Å². The molecule has 23 heavy (non-hydrogen) atoms. The highest BCUT2D eigenvalue weighted by atomic mass is 32.4. The molecule has 9 nitrogen and oxygen atoms in total. The van der Waals surface area contributed by atoms with Gasteiger partial charge in [-0.1, -0.05) is 0 Å². The van der Waals surface area contributed by atoms with Gasteiger partial charge in [0.25, 0.3) is 0 Å². The number of nitrogens with zero attached hydrogens (tertiary/aromatic N) is 3. The second kappa shape index (κ2) is 6.06. The molecule has 0 saturated carbocycles. The quantitative estimate of drug-likeness (QED) is 0.515. The molecule has 126 valence electrons. The van der Waals surface area contributed by atoms with E-state index in [0.717, 1.165) is 0 Å². The number of ether oxygens (including phenoxy) is 1. The summed E-state index contributed by atoms with van der Waals surface area (Å²) in [6.45, 7) is 1.53. The molecule has 5 N–H and O–H groups in total. The Labute approximate surface area is 137 Å². The summed E-state index contributed by atoms with van der Waals surface area (Å²) < 4.78 is 12.3. The molecular formula is C12H17N4O5PS. The molecule has 3 heterocycles. The fourth-order valence-electron chi connectivity index (χ4n) is 2.81. The Morgan fingerprint density at radius 1 is 1.52 bits per heavy atom. The molecule has 0 aromatic carbocycles. The van der Waals surface area contributed by atoms with E-state index in [4.69, 9.17) is 19.9 Å². The van der Waals surface area contributed by atoms with E-state index >= 15 is 0 Å². The third-order valence-corrected chi connectivity index (χ3v) is 4.79. The largest absolute Gasteiger partial charge is 0.387 e. The minimum absolute atomic E-state index is 0.109. The minimum atomic E-state index is -2.32. The summed E-state index contributed by atoms with van der Waals surface area (Å²) in [5, 5.41) is 24.8. The first kappa shape index (κ1) is 16.7. The van der Waals surface area contributed by atoms with Crippen LogP contribution in [0.2, 0.25) is 0 Å². The average Bonchev–Trinajstić information content (AvgIpc) is 3.03. The zero-order chi connectivity index (χ0) is 16.8. The van der Waals surface area contributed by atoms with Crippen LogP contribution in [-0.2, 0) is 26.7 Å². The van der Waals surface area contributed by atoms with Crippen LogP contribution in [0.1, 0.15) is 12.6 Å². The van der Waals surface area contributed by atoms with Crippen molar-refractivity contribution >= 4 is 30.3 Å². The van der Waals surface area contributed by atoms with E-state index in [1.807, 2.05) is 0 Å². The topological polar surface area (TPSA) is 135 Å². The Morgan fingerprint density at radius 2 is 2.26 bits per heavy atom. The van der Waals surface area contributed by atoms with Crippen molar-refractivity contribution in [2.75, 3.05) is 12.3 Å². The zero-order valence-corrected chi connectivity index (χ0v) is 14.0. The summed E-state index contributed by atoms with van der Waals surface area (Å²) in [5.41, 5.74) is 5.66. The standard InChI is InChI=1S/C12H17N4O5PS/c1-12(8-3-2-6-11(13)14-5-15-16(6)8)10(18)9(17)7(21-12)4-20-22(19)23/h2-3,5,7,9-10,17-18,22H,4H2,1H3,(H,19,23)(H2,13,14,15)/t7-,9-,10-,12+/m1/s1. The lowest BCUT2D eigenvalue weighted by molar-refractivity contribution is -0.0863. The first-order valence-electron chi connectivity index (χ1n) is 6.83. The number of nitrogens with two attached hydrogens (primary N) is 1. The van der Waals surface area contributed by atoms with E-state index in [-0.39, 0.29) is 6.61 Å². The van der Waals surface area contributed by atoms with Crippen LogP contribution in [0.4, 0.5) is 5.82 Å². The van der Waals surface area contributed by atoms with Crippen molar-refractivity contribution in [2.24, 2.45) is 0 Å². The van der Waals surface area contributed by atoms with Crippen molar-refractivity contribution in [3.05, 3.63) is 24.2 Å². The molecule has 1 fully saturated rings. The van der Waals surface area contributed by atoms with Gasteiger partial charge in [-0.05, 0) is 30.9 Å². The fourth-order valence-corrected chi connectivity index (χ4v) is 3.32. The number of anilines is 1. The lowest BCUT2D eigenvalue weighted by Crippen LogP contribution is -2.39. The summed E-state index contributed by atoms with van der Waals surface area (Å²) in [5.74, 6) is 0.293. The highest BCUT2D eigenvalue weighted by molar-refractivity contribution is 8.00. The van der Waals surface area contributed by atoms with E-state index < -0.39 is 31.1 Å². The molecule has 5 atom stereocenters. The van der Waals surface area contributed by atoms with E-state index in [1.54, 1.807) is 19.1 Å². The first-order chi connectivity index (χ1) is 10.8. The Morgan fingerprint density at radius 3 is 2.96 bits per heavy atom. The molecule has 2 aromatic rings. The van der Waals surface area contributed by atoms with E-state index in [0.29, 0.717) is 17.0 Å². The average molecular weight is 360 g/mol. The molecule has 1 aliphatic rings. The predicted molar refractivity (Wildman–Crippen MR) is 85.5 cm³/mol. The molecule has 0 aliphatic carbocycles. The molecule has 3 rings (SSSR count). The predicted octanol–water partition coefficient (Wildman–Crippen LogP) is -0.838. The molecule has 0 radical (unpaired) electrons. The molecule has 0 bridgehead atoms. The van der Waals surface area contributed by atoms with Crippen LogP contribution in [0, 0.1) is 0 Å². The first-order valence-corrected chi connectivity index (χ1v) is 9.32. The summed E-state index contributed by atoms with van der Waals surface area (Å²) >= 11 is 4.60. The van der Waals surface area contributed by atoms with Crippen molar-refractivity contribution < 1.29 is 24.4 Å². The third kappa shape index (κ3) is 2.76. The Hall–Kier alpha value is -1.13. The van der Waals surface area contributed by atoms with Crippen LogP contribution in [0.3, 0.4) is 0 Å². The number of aliphatic hydroxyl groups is 2. The van der Waals surface area contributed by atoms with Gasteiger partial charge in [0.15, 0.2) is 13.0 Å². The van der Waals surface area contributed by atoms with Gasteiger partial charge >= 0.3 is 0 Å². The van der Waals surface area contributed by atoms with Crippen molar-refractivity contribution in [1.29, 1.82) is 0 Å². The lowest BCUT2D eigenvalue weighted by Gasteiger charge is -2.27. The van der Waals surface area contributed by atoms with Gasteiger partial charge in [-0.3, -0.25) is 0 Å². The highest BCUT2D eigenvalue weighted by Gasteiger charge is 2.53. The van der Waals surface area contributed by atoms with Crippen molar-refractivity contribution in [3.63, 3.8) is 0 Å². The van der Waals surface area contributed by atoms with Crippen LogP contribution in [0.15, 0.2) is 18.5 Å². The number of aromatic nitrogens is 3. The van der Waals surface area contributed by atoms with Crippen LogP contribution < -0.4 is 5.73 Å². The Balaban J connectivity index is 1.97. The molecule has 0 spiro atoms. The van der Waals surface area contributed by atoms with Gasteiger partial charge in [0.05, 0.1) is 12.3 Å². The van der Waals surface area contributed by atoms with Crippen LogP contribution in [-0.4, -0.2) is 54.6 Å². The van der Waals surface area contributed by atoms with Gasteiger partial charge in [-0.2, -0.15) is 5.10 Å². The number of rotatable bonds is 4. The van der Waals surface area contributed by atoms with Gasteiger partial charge in [0.1, 0.15) is 35.8 Å². The lowest BCUT2D eigenvalue weighted by atomic mass is 9.93. The second-order valence-electron chi connectivity index (χ2n) is 5.44. The summed E-state index contributed by atoms with van der Waals surface area (Å²) in [4.78, 5) is 13.0. The zero-order valence-electron chi connectivity index (χ0n) is 12.2. The van der Waals surface area contributed by atoms with Gasteiger partial charge < -0.3 is 30.1 Å². The van der Waals surface area contributed by atoms with E-state index in [9.17, 15) is 10.2 Å². The van der Waals surface area contributed by atoms with E-state index in [1.165, 1.54) is 10.8 Å². The Bertz CT molecular complexity index is 758. The maximum Gasteiger partial charge on any atom is 0.173 e. The summed E-state index contributed by atoms with van der Waals surface area (Å²) in [6.07, 6.45) is -1.94. The van der Waals surface area contributed by atoms with Gasteiger partial charge in [-0.25, -0.2) is 9.50 Å². The number of hydrogen-bond acceptors (Lipinski definition) is 8. The maximum atomic E-state index is 10.5. The normalized spacial score (nSPS) is 32.4. The van der Waals surface area contributed by atoms with E-state index in [2.05, 4.69) is 21.9 Å². The highest BCUT2D eigenvalue weighted by Crippen LogP contribution is 2.40. The van der Waals surface area contributed by atoms with Gasteiger partial charge in [0, 0.05) is 0 Å². The summed E-state index contributed by atoms with van der Waals surface area (Å²) in [7, 11) is -2.32. The minimum Gasteiger partial charge on any atom is -0.387 e.